The molecule has 1 aliphatic heterocycles. The van der Waals surface area contributed by atoms with Crippen LogP contribution in [0.4, 0.5) is 0 Å². The highest BCUT2D eigenvalue weighted by atomic mass is 32.2. The van der Waals surface area contributed by atoms with Crippen LogP contribution in [0.3, 0.4) is 0 Å². The SMILES string of the molecule is C=CC1=C(C=C)S(=O)c2ccccc21.CC.CC. The van der Waals surface area contributed by atoms with Crippen molar-refractivity contribution in [3.05, 3.63) is 60.0 Å². The monoisotopic (exact) mass is 262 g/mol. The van der Waals surface area contributed by atoms with Crippen LogP contribution in [0.5, 0.6) is 0 Å². The minimum absolute atomic E-state index is 0.765. The molecule has 0 saturated carbocycles. The van der Waals surface area contributed by atoms with Gasteiger partial charge in [-0.25, -0.2) is 4.21 Å². The van der Waals surface area contributed by atoms with Gasteiger partial charge >= 0.3 is 0 Å². The lowest BCUT2D eigenvalue weighted by Crippen LogP contribution is -1.86. The van der Waals surface area contributed by atoms with Crippen LogP contribution in [0, 0.1) is 0 Å². The number of benzene rings is 1. The minimum Gasteiger partial charge on any atom is -0.249 e. The summed E-state index contributed by atoms with van der Waals surface area (Å²) in [6, 6.07) is 7.67. The maximum absolute atomic E-state index is 11.9. The van der Waals surface area contributed by atoms with Gasteiger partial charge in [-0.15, -0.1) is 0 Å². The van der Waals surface area contributed by atoms with Gasteiger partial charge in [0.25, 0.3) is 0 Å². The summed E-state index contributed by atoms with van der Waals surface area (Å²) in [5.74, 6) is 0. The normalized spacial score (nSPS) is 15.7. The Bertz CT molecular complexity index is 470. The second-order valence-electron chi connectivity index (χ2n) is 2.95. The van der Waals surface area contributed by atoms with Gasteiger partial charge in [0.2, 0.25) is 0 Å². The van der Waals surface area contributed by atoms with Crippen LogP contribution in [0.15, 0.2) is 59.4 Å². The molecule has 2 rings (SSSR count). The molecule has 0 fully saturated rings. The molecular formula is C16H22OS. The summed E-state index contributed by atoms with van der Waals surface area (Å²) in [5.41, 5.74) is 1.95. The molecule has 0 spiro atoms. The Morgan fingerprint density at radius 1 is 1.00 bits per heavy atom. The number of fused-ring (bicyclic) bond motifs is 1. The van der Waals surface area contributed by atoms with Crippen LogP contribution in [0.2, 0.25) is 0 Å². The Morgan fingerprint density at radius 3 is 2.06 bits per heavy atom. The molecule has 18 heavy (non-hydrogen) atoms. The smallest absolute Gasteiger partial charge is 0.0862 e. The van der Waals surface area contributed by atoms with E-state index in [2.05, 4.69) is 13.2 Å². The molecule has 1 unspecified atom stereocenters. The Kier molecular flexibility index (Phi) is 7.97. The molecule has 1 aromatic rings. The molecule has 1 aromatic carbocycles. The van der Waals surface area contributed by atoms with Gasteiger partial charge < -0.3 is 0 Å². The molecule has 1 atom stereocenters. The van der Waals surface area contributed by atoms with Crippen molar-refractivity contribution in [2.24, 2.45) is 0 Å². The molecule has 0 aliphatic carbocycles. The maximum Gasteiger partial charge on any atom is 0.0862 e. The Balaban J connectivity index is 0.000000659. The van der Waals surface area contributed by atoms with Crippen molar-refractivity contribution in [1.82, 2.24) is 0 Å². The highest BCUT2D eigenvalue weighted by Crippen LogP contribution is 2.36. The van der Waals surface area contributed by atoms with Gasteiger partial charge in [0.1, 0.15) is 0 Å². The predicted molar refractivity (Wildman–Crippen MR) is 82.9 cm³/mol. The fourth-order valence-corrected chi connectivity index (χ4v) is 2.96. The minimum atomic E-state index is -1.08. The average Bonchev–Trinajstić information content (AvgIpc) is 2.75. The Morgan fingerprint density at radius 2 is 1.56 bits per heavy atom. The van der Waals surface area contributed by atoms with Gasteiger partial charge in [0.15, 0.2) is 0 Å². The van der Waals surface area contributed by atoms with Crippen molar-refractivity contribution in [3.8, 4) is 0 Å². The fourth-order valence-electron chi connectivity index (χ4n) is 1.60. The average molecular weight is 262 g/mol. The zero-order chi connectivity index (χ0) is 14.1. The van der Waals surface area contributed by atoms with Gasteiger partial charge in [-0.1, -0.05) is 71.2 Å². The zero-order valence-corrected chi connectivity index (χ0v) is 12.5. The van der Waals surface area contributed by atoms with E-state index in [0.29, 0.717) is 0 Å². The van der Waals surface area contributed by atoms with E-state index in [1.807, 2.05) is 52.0 Å². The fraction of sp³-hybridized carbons (Fsp3) is 0.250. The first kappa shape index (κ1) is 16.6. The molecule has 1 nitrogen and oxygen atoms in total. The first-order valence-electron chi connectivity index (χ1n) is 6.30. The number of rotatable bonds is 2. The molecule has 1 heterocycles. The second-order valence-corrected chi connectivity index (χ2v) is 4.37. The van der Waals surface area contributed by atoms with E-state index in [4.69, 9.17) is 0 Å². The zero-order valence-electron chi connectivity index (χ0n) is 11.7. The first-order valence-corrected chi connectivity index (χ1v) is 7.45. The molecule has 0 bridgehead atoms. The summed E-state index contributed by atoms with van der Waals surface area (Å²) >= 11 is 0. The highest BCUT2D eigenvalue weighted by molar-refractivity contribution is 7.90. The molecule has 98 valence electrons. The third-order valence-electron chi connectivity index (χ3n) is 2.23. The molecule has 0 radical (unpaired) electrons. The van der Waals surface area contributed by atoms with Crippen LogP contribution in [0.1, 0.15) is 33.3 Å². The molecule has 0 aromatic heterocycles. The quantitative estimate of drug-likeness (QED) is 0.737. The van der Waals surface area contributed by atoms with Crippen molar-refractivity contribution < 1.29 is 4.21 Å². The number of hydrogen-bond donors (Lipinski definition) is 0. The lowest BCUT2D eigenvalue weighted by atomic mass is 10.1. The third kappa shape index (κ3) is 3.08. The molecule has 0 saturated heterocycles. The summed E-state index contributed by atoms with van der Waals surface area (Å²) in [5, 5.41) is 0. The maximum atomic E-state index is 11.9. The van der Waals surface area contributed by atoms with Crippen LogP contribution < -0.4 is 0 Å². The number of hydrogen-bond acceptors (Lipinski definition) is 1. The highest BCUT2D eigenvalue weighted by Gasteiger charge is 2.23. The lowest BCUT2D eigenvalue weighted by Gasteiger charge is -1.96. The van der Waals surface area contributed by atoms with Crippen LogP contribution in [-0.4, -0.2) is 4.21 Å². The summed E-state index contributed by atoms with van der Waals surface area (Å²) in [7, 11) is -1.08. The van der Waals surface area contributed by atoms with Gasteiger partial charge in [-0.05, 0) is 17.2 Å². The van der Waals surface area contributed by atoms with Crippen molar-refractivity contribution >= 4 is 16.4 Å². The predicted octanol–water partition coefficient (Wildman–Crippen LogP) is 4.94. The van der Waals surface area contributed by atoms with E-state index in [0.717, 1.165) is 20.9 Å². The topological polar surface area (TPSA) is 17.1 Å². The lowest BCUT2D eigenvalue weighted by molar-refractivity contribution is 0.688. The van der Waals surface area contributed by atoms with E-state index in [9.17, 15) is 4.21 Å². The van der Waals surface area contributed by atoms with Gasteiger partial charge in [-0.2, -0.15) is 0 Å². The Labute approximate surface area is 113 Å². The summed E-state index contributed by atoms with van der Waals surface area (Å²) in [4.78, 5) is 1.62. The summed E-state index contributed by atoms with van der Waals surface area (Å²) in [6.45, 7) is 15.4. The van der Waals surface area contributed by atoms with Crippen LogP contribution >= 0.6 is 0 Å². The van der Waals surface area contributed by atoms with E-state index in [1.165, 1.54) is 0 Å². The van der Waals surface area contributed by atoms with Gasteiger partial charge in [0.05, 0.1) is 20.6 Å². The molecule has 0 amide bonds. The standard InChI is InChI=1S/C12H10OS.2C2H6/c1-3-9-10-7-5-6-8-12(10)14(13)11(9)4-2;2*1-2/h3-8H,1-2H2;2*1-2H3. The van der Waals surface area contributed by atoms with Crippen LogP contribution in [0.25, 0.3) is 5.57 Å². The number of allylic oxidation sites excluding steroid dienone is 3. The molecule has 1 aliphatic rings. The Hall–Kier alpha value is -1.41. The first-order chi connectivity index (χ1) is 8.79. The third-order valence-corrected chi connectivity index (χ3v) is 3.77. The summed E-state index contributed by atoms with van der Waals surface area (Å²) in [6.07, 6.45) is 3.38. The van der Waals surface area contributed by atoms with Crippen molar-refractivity contribution in [2.75, 3.05) is 0 Å². The van der Waals surface area contributed by atoms with E-state index in [1.54, 1.807) is 12.2 Å². The van der Waals surface area contributed by atoms with E-state index >= 15 is 0 Å². The van der Waals surface area contributed by atoms with Gasteiger partial charge in [0, 0.05) is 0 Å². The largest absolute Gasteiger partial charge is 0.249 e. The van der Waals surface area contributed by atoms with Gasteiger partial charge in [-0.3, -0.25) is 0 Å². The molecule has 0 N–H and O–H groups in total. The summed E-state index contributed by atoms with van der Waals surface area (Å²) < 4.78 is 11.9. The van der Waals surface area contributed by atoms with E-state index < -0.39 is 10.8 Å². The van der Waals surface area contributed by atoms with Crippen molar-refractivity contribution in [1.29, 1.82) is 0 Å². The van der Waals surface area contributed by atoms with Crippen molar-refractivity contribution in [3.63, 3.8) is 0 Å². The van der Waals surface area contributed by atoms with E-state index in [-0.39, 0.29) is 0 Å². The van der Waals surface area contributed by atoms with Crippen LogP contribution in [-0.2, 0) is 10.8 Å². The van der Waals surface area contributed by atoms with Crippen molar-refractivity contribution in [2.45, 2.75) is 32.6 Å². The second kappa shape index (κ2) is 8.65. The molecular weight excluding hydrogens is 240 g/mol. The molecule has 2 heteroatoms.